The van der Waals surface area contributed by atoms with Crippen molar-refractivity contribution in [1.29, 1.82) is 0 Å². The lowest BCUT2D eigenvalue weighted by Gasteiger charge is -2.33. The van der Waals surface area contributed by atoms with Gasteiger partial charge in [-0.1, -0.05) is 6.92 Å². The van der Waals surface area contributed by atoms with Gasteiger partial charge in [-0.15, -0.1) is 0 Å². The van der Waals surface area contributed by atoms with Gasteiger partial charge >= 0.3 is 5.97 Å². The topological polar surface area (TPSA) is 61.8 Å². The standard InChI is InChI=1S/C16H26O5/c1-10-7-13(17)21-16(10,2)15(18)14-11(8-19-3)5-6-12(14)9-20-4/h10-12,14H,5-9H2,1-4H3/t10-,11-,12-,16-/m1/s1. The maximum absolute atomic E-state index is 13.1. The van der Waals surface area contributed by atoms with Gasteiger partial charge in [-0.05, 0) is 31.6 Å². The molecular formula is C16H26O5. The van der Waals surface area contributed by atoms with E-state index in [9.17, 15) is 9.59 Å². The number of cyclic esters (lactones) is 1. The van der Waals surface area contributed by atoms with Gasteiger partial charge < -0.3 is 14.2 Å². The van der Waals surface area contributed by atoms with Crippen LogP contribution in [0.25, 0.3) is 0 Å². The van der Waals surface area contributed by atoms with Crippen molar-refractivity contribution < 1.29 is 23.8 Å². The van der Waals surface area contributed by atoms with E-state index in [4.69, 9.17) is 14.2 Å². The zero-order valence-corrected chi connectivity index (χ0v) is 13.4. The molecule has 5 nitrogen and oxygen atoms in total. The van der Waals surface area contributed by atoms with Gasteiger partial charge in [0.1, 0.15) is 0 Å². The molecule has 120 valence electrons. The molecule has 1 saturated carbocycles. The van der Waals surface area contributed by atoms with Crippen LogP contribution in [0.4, 0.5) is 0 Å². The number of rotatable bonds is 6. The minimum absolute atomic E-state index is 0.0439. The Kier molecular flexibility index (Phi) is 5.04. The van der Waals surface area contributed by atoms with Crippen LogP contribution in [0.2, 0.25) is 0 Å². The van der Waals surface area contributed by atoms with Gasteiger partial charge in [0.25, 0.3) is 0 Å². The second-order valence-corrected chi connectivity index (χ2v) is 6.58. The Bertz CT molecular complexity index is 393. The molecule has 2 aliphatic rings. The van der Waals surface area contributed by atoms with E-state index >= 15 is 0 Å². The molecule has 4 atom stereocenters. The lowest BCUT2D eigenvalue weighted by atomic mass is 9.75. The molecule has 1 heterocycles. The molecule has 5 heteroatoms. The van der Waals surface area contributed by atoms with Crippen LogP contribution in [0.1, 0.15) is 33.1 Å². The summed E-state index contributed by atoms with van der Waals surface area (Å²) < 4.78 is 16.0. The summed E-state index contributed by atoms with van der Waals surface area (Å²) in [7, 11) is 3.32. The van der Waals surface area contributed by atoms with Crippen molar-refractivity contribution in [3.63, 3.8) is 0 Å². The lowest BCUT2D eigenvalue weighted by molar-refractivity contribution is -0.161. The Morgan fingerprint density at radius 2 is 1.76 bits per heavy atom. The third-order valence-electron chi connectivity index (χ3n) is 5.22. The maximum atomic E-state index is 13.1. The molecule has 21 heavy (non-hydrogen) atoms. The number of esters is 1. The molecular weight excluding hydrogens is 272 g/mol. The Balaban J connectivity index is 2.22. The van der Waals surface area contributed by atoms with Gasteiger partial charge in [-0.2, -0.15) is 0 Å². The van der Waals surface area contributed by atoms with Gasteiger partial charge in [0, 0.05) is 39.3 Å². The molecule has 0 unspecified atom stereocenters. The first-order valence-electron chi connectivity index (χ1n) is 7.68. The van der Waals surface area contributed by atoms with E-state index in [0.717, 1.165) is 12.8 Å². The van der Waals surface area contributed by atoms with Gasteiger partial charge in [-0.25, -0.2) is 0 Å². The van der Waals surface area contributed by atoms with Gasteiger partial charge in [0.05, 0.1) is 6.42 Å². The fraction of sp³-hybridized carbons (Fsp3) is 0.875. The van der Waals surface area contributed by atoms with E-state index in [1.807, 2.05) is 6.92 Å². The molecule has 1 aliphatic carbocycles. The summed E-state index contributed by atoms with van der Waals surface area (Å²) in [6, 6.07) is 0. The average molecular weight is 298 g/mol. The van der Waals surface area contributed by atoms with Crippen LogP contribution in [0, 0.1) is 23.7 Å². The minimum atomic E-state index is -0.996. The van der Waals surface area contributed by atoms with Crippen molar-refractivity contribution in [2.45, 2.75) is 38.7 Å². The molecule has 2 fully saturated rings. The van der Waals surface area contributed by atoms with E-state index in [0.29, 0.717) is 19.6 Å². The van der Waals surface area contributed by atoms with E-state index < -0.39 is 5.60 Å². The van der Waals surface area contributed by atoms with Crippen molar-refractivity contribution >= 4 is 11.8 Å². The summed E-state index contributed by atoms with van der Waals surface area (Å²) in [5.41, 5.74) is -0.996. The predicted octanol–water partition coefficient (Wildman–Crippen LogP) is 1.83. The zero-order chi connectivity index (χ0) is 15.6. The predicted molar refractivity (Wildman–Crippen MR) is 76.7 cm³/mol. The summed E-state index contributed by atoms with van der Waals surface area (Å²) in [6.45, 7) is 4.80. The molecule has 2 rings (SSSR count). The molecule has 0 bridgehead atoms. The van der Waals surface area contributed by atoms with Gasteiger partial charge in [0.2, 0.25) is 0 Å². The minimum Gasteiger partial charge on any atom is -0.451 e. The highest BCUT2D eigenvalue weighted by molar-refractivity contribution is 5.94. The lowest BCUT2D eigenvalue weighted by Crippen LogP contribution is -2.47. The van der Waals surface area contributed by atoms with Gasteiger partial charge in [0.15, 0.2) is 11.4 Å². The number of methoxy groups -OCH3 is 2. The molecule has 0 amide bonds. The highest BCUT2D eigenvalue weighted by atomic mass is 16.6. The molecule has 0 aromatic carbocycles. The van der Waals surface area contributed by atoms with Crippen molar-refractivity contribution in [2.75, 3.05) is 27.4 Å². The molecule has 0 N–H and O–H groups in total. The molecule has 1 aliphatic heterocycles. The van der Waals surface area contributed by atoms with Crippen molar-refractivity contribution in [3.05, 3.63) is 0 Å². The molecule has 0 aromatic rings. The van der Waals surface area contributed by atoms with Crippen LogP contribution in [0.15, 0.2) is 0 Å². The zero-order valence-electron chi connectivity index (χ0n) is 13.4. The number of hydrogen-bond donors (Lipinski definition) is 0. The van der Waals surface area contributed by atoms with Crippen LogP contribution >= 0.6 is 0 Å². The molecule has 1 saturated heterocycles. The molecule has 0 radical (unpaired) electrons. The number of carbonyl (C=O) groups excluding carboxylic acids is 2. The molecule has 0 aromatic heterocycles. The van der Waals surface area contributed by atoms with Crippen LogP contribution in [0.3, 0.4) is 0 Å². The largest absolute Gasteiger partial charge is 0.451 e. The summed E-state index contributed by atoms with van der Waals surface area (Å²) in [4.78, 5) is 24.7. The second kappa shape index (κ2) is 6.44. The fourth-order valence-corrected chi connectivity index (χ4v) is 3.85. The van der Waals surface area contributed by atoms with E-state index in [1.54, 1.807) is 21.1 Å². The van der Waals surface area contributed by atoms with Crippen LogP contribution < -0.4 is 0 Å². The van der Waals surface area contributed by atoms with Gasteiger partial charge in [-0.3, -0.25) is 9.59 Å². The number of ether oxygens (including phenoxy) is 3. The SMILES string of the molecule is COC[C@H]1CC[C@H](COC)C1C(=O)[C@]1(C)OC(=O)C[C@H]1C. The number of ketones is 1. The Labute approximate surface area is 126 Å². The number of Topliss-reactive ketones (excluding diaryl/α,β-unsaturated/α-hetero) is 1. The third kappa shape index (κ3) is 2.99. The second-order valence-electron chi connectivity index (χ2n) is 6.58. The first-order valence-corrected chi connectivity index (χ1v) is 7.68. The average Bonchev–Trinajstić information content (AvgIpc) is 2.92. The Hall–Kier alpha value is -0.940. The van der Waals surface area contributed by atoms with Crippen molar-refractivity contribution in [3.8, 4) is 0 Å². The smallest absolute Gasteiger partial charge is 0.307 e. The molecule has 0 spiro atoms. The van der Waals surface area contributed by atoms with Crippen LogP contribution in [0.5, 0.6) is 0 Å². The highest BCUT2D eigenvalue weighted by Gasteiger charge is 2.54. The Morgan fingerprint density at radius 1 is 1.24 bits per heavy atom. The quantitative estimate of drug-likeness (QED) is 0.700. The number of hydrogen-bond acceptors (Lipinski definition) is 5. The third-order valence-corrected chi connectivity index (χ3v) is 5.22. The monoisotopic (exact) mass is 298 g/mol. The normalized spacial score (nSPS) is 37.0. The first kappa shape index (κ1) is 16.4. The summed E-state index contributed by atoms with van der Waals surface area (Å²) >= 11 is 0. The van der Waals surface area contributed by atoms with Crippen molar-refractivity contribution in [2.24, 2.45) is 23.7 Å². The van der Waals surface area contributed by atoms with Crippen LogP contribution in [-0.4, -0.2) is 44.8 Å². The van der Waals surface area contributed by atoms with E-state index in [-0.39, 0.29) is 35.4 Å². The van der Waals surface area contributed by atoms with E-state index in [2.05, 4.69) is 0 Å². The number of carbonyl (C=O) groups is 2. The van der Waals surface area contributed by atoms with Crippen LogP contribution in [-0.2, 0) is 23.8 Å². The summed E-state index contributed by atoms with van der Waals surface area (Å²) in [6.07, 6.45) is 2.23. The fourth-order valence-electron chi connectivity index (χ4n) is 3.85. The highest BCUT2D eigenvalue weighted by Crippen LogP contribution is 2.44. The van der Waals surface area contributed by atoms with E-state index in [1.165, 1.54) is 0 Å². The summed E-state index contributed by atoms with van der Waals surface area (Å²) in [5.74, 6) is -0.0879. The Morgan fingerprint density at radius 3 is 2.14 bits per heavy atom. The first-order chi connectivity index (χ1) is 9.93. The van der Waals surface area contributed by atoms with Crippen molar-refractivity contribution in [1.82, 2.24) is 0 Å². The maximum Gasteiger partial charge on any atom is 0.307 e. The summed E-state index contributed by atoms with van der Waals surface area (Å²) in [5, 5.41) is 0.